The van der Waals surface area contributed by atoms with Crippen LogP contribution in [-0.4, -0.2) is 28.8 Å². The van der Waals surface area contributed by atoms with Crippen molar-refractivity contribution < 1.29 is 9.53 Å². The average Bonchev–Trinajstić information content (AvgIpc) is 2.94. The van der Waals surface area contributed by atoms with Crippen LogP contribution in [0, 0.1) is 0 Å². The third kappa shape index (κ3) is 4.56. The summed E-state index contributed by atoms with van der Waals surface area (Å²) in [7, 11) is 0. The van der Waals surface area contributed by atoms with Gasteiger partial charge in [-0.25, -0.2) is 4.79 Å². The second-order valence-corrected chi connectivity index (χ2v) is 6.37. The van der Waals surface area contributed by atoms with E-state index in [2.05, 4.69) is 21.7 Å². The fraction of sp³-hybridized carbons (Fsp3) is 0.667. The molecular weight excluding hydrogens is 254 g/mol. The minimum Gasteiger partial charge on any atom is -0.444 e. The SMILES string of the molecule is CC(C)(C)OC(=O)NC1CCCC1NCc1ccc[nH]1. The lowest BCUT2D eigenvalue weighted by molar-refractivity contribution is 0.0498. The van der Waals surface area contributed by atoms with Gasteiger partial charge in [0.15, 0.2) is 0 Å². The predicted octanol–water partition coefficient (Wildman–Crippen LogP) is 2.55. The number of hydrogen-bond acceptors (Lipinski definition) is 3. The smallest absolute Gasteiger partial charge is 0.407 e. The van der Waals surface area contributed by atoms with Crippen LogP contribution in [0.5, 0.6) is 0 Å². The van der Waals surface area contributed by atoms with E-state index in [4.69, 9.17) is 4.74 Å². The van der Waals surface area contributed by atoms with Crippen molar-refractivity contribution in [2.75, 3.05) is 0 Å². The third-order valence-electron chi connectivity index (χ3n) is 3.44. The monoisotopic (exact) mass is 279 g/mol. The molecule has 5 heteroatoms. The molecule has 3 N–H and O–H groups in total. The van der Waals surface area contributed by atoms with Gasteiger partial charge >= 0.3 is 6.09 Å². The van der Waals surface area contributed by atoms with Crippen molar-refractivity contribution in [2.45, 2.75) is 64.3 Å². The number of carbonyl (C=O) groups is 1. The molecule has 0 aliphatic heterocycles. The van der Waals surface area contributed by atoms with E-state index in [0.717, 1.165) is 31.5 Å². The zero-order valence-corrected chi connectivity index (χ0v) is 12.5. The number of carbonyl (C=O) groups excluding carboxylic acids is 1. The first kappa shape index (κ1) is 14.9. The summed E-state index contributed by atoms with van der Waals surface area (Å²) >= 11 is 0. The fourth-order valence-corrected chi connectivity index (χ4v) is 2.55. The summed E-state index contributed by atoms with van der Waals surface area (Å²) in [6.07, 6.45) is 4.81. The van der Waals surface area contributed by atoms with Crippen LogP contribution in [-0.2, 0) is 11.3 Å². The van der Waals surface area contributed by atoms with Gasteiger partial charge in [0.1, 0.15) is 5.60 Å². The molecule has 1 fully saturated rings. The minimum atomic E-state index is -0.449. The Morgan fingerprint density at radius 1 is 1.40 bits per heavy atom. The van der Waals surface area contributed by atoms with E-state index in [1.54, 1.807) is 0 Å². The maximum absolute atomic E-state index is 11.8. The molecule has 2 unspecified atom stereocenters. The summed E-state index contributed by atoms with van der Waals surface area (Å²) in [5.74, 6) is 0. The Labute approximate surface area is 120 Å². The van der Waals surface area contributed by atoms with E-state index in [0.29, 0.717) is 6.04 Å². The lowest BCUT2D eigenvalue weighted by Crippen LogP contribution is -2.47. The van der Waals surface area contributed by atoms with Crippen molar-refractivity contribution in [3.63, 3.8) is 0 Å². The zero-order valence-electron chi connectivity index (χ0n) is 12.5. The lowest BCUT2D eigenvalue weighted by atomic mass is 10.1. The summed E-state index contributed by atoms with van der Waals surface area (Å²) in [5.41, 5.74) is 0.712. The zero-order chi connectivity index (χ0) is 14.6. The average molecular weight is 279 g/mol. The Kier molecular flexibility index (Phi) is 4.70. The van der Waals surface area contributed by atoms with Gasteiger partial charge in [-0.05, 0) is 52.2 Å². The van der Waals surface area contributed by atoms with Gasteiger partial charge in [-0.3, -0.25) is 0 Å². The molecule has 1 saturated carbocycles. The predicted molar refractivity (Wildman–Crippen MR) is 78.4 cm³/mol. The van der Waals surface area contributed by atoms with Crippen LogP contribution in [0.15, 0.2) is 18.3 Å². The van der Waals surface area contributed by atoms with Crippen LogP contribution < -0.4 is 10.6 Å². The van der Waals surface area contributed by atoms with Gasteiger partial charge in [-0.2, -0.15) is 0 Å². The molecule has 1 aromatic rings. The van der Waals surface area contributed by atoms with Gasteiger partial charge < -0.3 is 20.4 Å². The van der Waals surface area contributed by atoms with E-state index in [9.17, 15) is 4.79 Å². The van der Waals surface area contributed by atoms with Crippen molar-refractivity contribution in [2.24, 2.45) is 0 Å². The van der Waals surface area contributed by atoms with E-state index < -0.39 is 5.60 Å². The molecule has 1 amide bonds. The molecule has 5 nitrogen and oxygen atoms in total. The van der Waals surface area contributed by atoms with Crippen LogP contribution in [0.25, 0.3) is 0 Å². The molecule has 0 spiro atoms. The topological polar surface area (TPSA) is 66.2 Å². The summed E-state index contributed by atoms with van der Waals surface area (Å²) in [5, 5.41) is 6.48. The number of H-pyrrole nitrogens is 1. The molecule has 1 aromatic heterocycles. The normalized spacial score (nSPS) is 22.8. The first-order valence-electron chi connectivity index (χ1n) is 7.29. The maximum Gasteiger partial charge on any atom is 0.407 e. The summed E-state index contributed by atoms with van der Waals surface area (Å²) in [6, 6.07) is 4.51. The number of nitrogens with one attached hydrogen (secondary N) is 3. The Hall–Kier alpha value is -1.49. The van der Waals surface area contributed by atoms with Crippen LogP contribution in [0.3, 0.4) is 0 Å². The molecule has 112 valence electrons. The van der Waals surface area contributed by atoms with Gasteiger partial charge in [0.2, 0.25) is 0 Å². The summed E-state index contributed by atoms with van der Waals surface area (Å²) < 4.78 is 5.31. The molecule has 1 aliphatic rings. The van der Waals surface area contributed by atoms with Crippen LogP contribution in [0.4, 0.5) is 4.79 Å². The minimum absolute atomic E-state index is 0.153. The molecule has 0 saturated heterocycles. The van der Waals surface area contributed by atoms with E-state index in [1.807, 2.05) is 33.0 Å². The Bertz CT molecular complexity index is 423. The number of ether oxygens (including phenoxy) is 1. The van der Waals surface area contributed by atoms with Gasteiger partial charge in [-0.1, -0.05) is 0 Å². The first-order valence-corrected chi connectivity index (χ1v) is 7.29. The van der Waals surface area contributed by atoms with Crippen molar-refractivity contribution in [1.82, 2.24) is 15.6 Å². The number of hydrogen-bond donors (Lipinski definition) is 3. The number of rotatable bonds is 4. The molecule has 0 radical (unpaired) electrons. The highest BCUT2D eigenvalue weighted by molar-refractivity contribution is 5.68. The molecule has 20 heavy (non-hydrogen) atoms. The molecule has 2 atom stereocenters. The van der Waals surface area contributed by atoms with Crippen LogP contribution in [0.1, 0.15) is 45.7 Å². The Morgan fingerprint density at radius 2 is 2.15 bits per heavy atom. The van der Waals surface area contributed by atoms with Crippen molar-refractivity contribution in [3.8, 4) is 0 Å². The number of amides is 1. The largest absolute Gasteiger partial charge is 0.444 e. The quantitative estimate of drug-likeness (QED) is 0.793. The molecule has 0 bridgehead atoms. The summed E-state index contributed by atoms with van der Waals surface area (Å²) in [6.45, 7) is 6.43. The second kappa shape index (κ2) is 6.31. The van der Waals surface area contributed by atoms with Gasteiger partial charge in [0.25, 0.3) is 0 Å². The Morgan fingerprint density at radius 3 is 2.80 bits per heavy atom. The highest BCUT2D eigenvalue weighted by atomic mass is 16.6. The van der Waals surface area contributed by atoms with Crippen LogP contribution >= 0.6 is 0 Å². The third-order valence-corrected chi connectivity index (χ3v) is 3.44. The maximum atomic E-state index is 11.8. The first-order chi connectivity index (χ1) is 9.44. The molecule has 1 heterocycles. The number of alkyl carbamates (subject to hydrolysis) is 1. The molecule has 2 rings (SSSR count). The molecule has 1 aliphatic carbocycles. The lowest BCUT2D eigenvalue weighted by Gasteiger charge is -2.25. The van der Waals surface area contributed by atoms with Gasteiger partial charge in [0, 0.05) is 30.5 Å². The van der Waals surface area contributed by atoms with Gasteiger partial charge in [-0.15, -0.1) is 0 Å². The van der Waals surface area contributed by atoms with Gasteiger partial charge in [0.05, 0.1) is 0 Å². The Balaban J connectivity index is 1.80. The number of aromatic amines is 1. The molecular formula is C15H25N3O2. The summed E-state index contributed by atoms with van der Waals surface area (Å²) in [4.78, 5) is 15.0. The second-order valence-electron chi connectivity index (χ2n) is 6.37. The van der Waals surface area contributed by atoms with Crippen molar-refractivity contribution in [3.05, 3.63) is 24.0 Å². The highest BCUT2D eigenvalue weighted by Gasteiger charge is 2.29. The van der Waals surface area contributed by atoms with Crippen molar-refractivity contribution >= 4 is 6.09 Å². The van der Waals surface area contributed by atoms with E-state index in [-0.39, 0.29) is 12.1 Å². The fourth-order valence-electron chi connectivity index (χ4n) is 2.55. The van der Waals surface area contributed by atoms with Crippen molar-refractivity contribution in [1.29, 1.82) is 0 Å². The van der Waals surface area contributed by atoms with E-state index in [1.165, 1.54) is 0 Å². The highest BCUT2D eigenvalue weighted by Crippen LogP contribution is 2.20. The number of aromatic nitrogens is 1. The van der Waals surface area contributed by atoms with E-state index >= 15 is 0 Å². The standard InChI is InChI=1S/C15H25N3O2/c1-15(2,3)20-14(19)18-13-8-4-7-12(13)17-10-11-6-5-9-16-11/h5-6,9,12-13,16-17H,4,7-8,10H2,1-3H3,(H,18,19). The molecule has 0 aromatic carbocycles. The van der Waals surface area contributed by atoms with Crippen LogP contribution in [0.2, 0.25) is 0 Å².